The lowest BCUT2D eigenvalue weighted by atomic mass is 10.1. The van der Waals surface area contributed by atoms with Crippen molar-refractivity contribution in [3.63, 3.8) is 0 Å². The van der Waals surface area contributed by atoms with Gasteiger partial charge in [-0.15, -0.1) is 11.3 Å². The molecule has 2 N–H and O–H groups in total. The number of piperidine rings is 1. The summed E-state index contributed by atoms with van der Waals surface area (Å²) in [6, 6.07) is 3.72. The van der Waals surface area contributed by atoms with Crippen molar-refractivity contribution in [3.8, 4) is 11.8 Å². The third-order valence-corrected chi connectivity index (χ3v) is 4.18. The van der Waals surface area contributed by atoms with Gasteiger partial charge in [0, 0.05) is 20.2 Å². The van der Waals surface area contributed by atoms with Crippen LogP contribution in [-0.2, 0) is 4.74 Å². The van der Waals surface area contributed by atoms with E-state index < -0.39 is 0 Å². The first-order valence-corrected chi connectivity index (χ1v) is 7.17. The molecule has 2 rings (SSSR count). The minimum absolute atomic E-state index is 0.0975. The summed E-state index contributed by atoms with van der Waals surface area (Å²) in [6.07, 6.45) is 2.11. The molecule has 1 fully saturated rings. The Hall–Kier alpha value is -1.35. The molecular formula is C14H18N2O2S. The average molecular weight is 278 g/mol. The second kappa shape index (κ2) is 6.71. The summed E-state index contributed by atoms with van der Waals surface area (Å²) in [5, 5.41) is 0. The number of ether oxygens (including phenoxy) is 1. The van der Waals surface area contributed by atoms with Gasteiger partial charge in [-0.05, 0) is 25.0 Å². The van der Waals surface area contributed by atoms with E-state index >= 15 is 0 Å². The van der Waals surface area contributed by atoms with Crippen LogP contribution in [0.3, 0.4) is 0 Å². The van der Waals surface area contributed by atoms with Gasteiger partial charge in [-0.3, -0.25) is 4.79 Å². The summed E-state index contributed by atoms with van der Waals surface area (Å²) >= 11 is 1.43. The van der Waals surface area contributed by atoms with Gasteiger partial charge in [0.15, 0.2) is 0 Å². The minimum Gasteiger partial charge on any atom is -0.381 e. The zero-order valence-corrected chi connectivity index (χ0v) is 11.8. The average Bonchev–Trinajstić information content (AvgIpc) is 2.93. The predicted octanol–water partition coefficient (Wildman–Crippen LogP) is 1.31. The molecule has 1 aromatic rings. The third kappa shape index (κ3) is 3.57. The van der Waals surface area contributed by atoms with Crippen LogP contribution in [0.4, 0.5) is 0 Å². The van der Waals surface area contributed by atoms with Crippen molar-refractivity contribution < 1.29 is 9.53 Å². The van der Waals surface area contributed by atoms with Gasteiger partial charge in [0.25, 0.3) is 5.91 Å². The van der Waals surface area contributed by atoms with Crippen molar-refractivity contribution in [2.45, 2.75) is 18.9 Å². The highest BCUT2D eigenvalue weighted by Gasteiger charge is 2.24. The van der Waals surface area contributed by atoms with E-state index in [0.29, 0.717) is 12.6 Å². The number of nitrogens with two attached hydrogens (primary N) is 1. The third-order valence-electron chi connectivity index (χ3n) is 3.19. The molecule has 1 saturated heterocycles. The van der Waals surface area contributed by atoms with Crippen LogP contribution < -0.4 is 5.73 Å². The molecule has 2 heterocycles. The van der Waals surface area contributed by atoms with E-state index in [1.807, 2.05) is 17.0 Å². The summed E-state index contributed by atoms with van der Waals surface area (Å²) in [4.78, 5) is 15.8. The zero-order chi connectivity index (χ0) is 13.7. The van der Waals surface area contributed by atoms with Crippen molar-refractivity contribution >= 4 is 17.2 Å². The minimum atomic E-state index is 0.0975. The van der Waals surface area contributed by atoms with E-state index in [9.17, 15) is 4.79 Å². The maximum absolute atomic E-state index is 12.3. The Balaban J connectivity index is 1.98. The number of thiophene rings is 1. The lowest BCUT2D eigenvalue weighted by molar-refractivity contribution is 0.0353. The quantitative estimate of drug-likeness (QED) is 0.830. The number of methoxy groups -OCH3 is 1. The highest BCUT2D eigenvalue weighted by molar-refractivity contribution is 7.14. The van der Waals surface area contributed by atoms with Crippen LogP contribution in [0.2, 0.25) is 0 Å². The van der Waals surface area contributed by atoms with Gasteiger partial charge in [0.1, 0.15) is 0 Å². The molecule has 0 spiro atoms. The highest BCUT2D eigenvalue weighted by Crippen LogP contribution is 2.20. The molecule has 0 bridgehead atoms. The molecule has 19 heavy (non-hydrogen) atoms. The molecule has 0 aromatic carbocycles. The van der Waals surface area contributed by atoms with Crippen LogP contribution >= 0.6 is 11.3 Å². The Morgan fingerprint density at radius 1 is 1.53 bits per heavy atom. The van der Waals surface area contributed by atoms with Gasteiger partial charge in [0.2, 0.25) is 0 Å². The summed E-state index contributed by atoms with van der Waals surface area (Å²) in [5.74, 6) is 5.85. The molecule has 0 radical (unpaired) electrons. The Morgan fingerprint density at radius 2 is 2.26 bits per heavy atom. The molecule has 0 aliphatic carbocycles. The fraction of sp³-hybridized carbons (Fsp3) is 0.500. The summed E-state index contributed by atoms with van der Waals surface area (Å²) < 4.78 is 5.31. The van der Waals surface area contributed by atoms with Crippen LogP contribution in [0.5, 0.6) is 0 Å². The first kappa shape index (κ1) is 14.1. The van der Waals surface area contributed by atoms with E-state index in [-0.39, 0.29) is 5.91 Å². The summed E-state index contributed by atoms with van der Waals surface area (Å²) in [6.45, 7) is 1.86. The normalized spacial score (nSPS) is 16.0. The van der Waals surface area contributed by atoms with E-state index in [4.69, 9.17) is 10.5 Å². The lowest BCUT2D eigenvalue weighted by Crippen LogP contribution is -2.40. The van der Waals surface area contributed by atoms with E-state index in [2.05, 4.69) is 11.8 Å². The van der Waals surface area contributed by atoms with Gasteiger partial charge in [0.05, 0.1) is 22.4 Å². The predicted molar refractivity (Wildman–Crippen MR) is 76.2 cm³/mol. The molecule has 0 atom stereocenters. The molecule has 0 saturated carbocycles. The van der Waals surface area contributed by atoms with E-state index in [0.717, 1.165) is 35.7 Å². The SMILES string of the molecule is COC1CCN(C(=O)c2ccc(C#CCN)s2)CC1. The van der Waals surface area contributed by atoms with Crippen molar-refractivity contribution in [1.29, 1.82) is 0 Å². The second-order valence-corrected chi connectivity index (χ2v) is 5.48. The molecule has 1 aliphatic heterocycles. The highest BCUT2D eigenvalue weighted by atomic mass is 32.1. The van der Waals surface area contributed by atoms with Crippen LogP contribution in [0, 0.1) is 11.8 Å². The van der Waals surface area contributed by atoms with Crippen LogP contribution in [0.15, 0.2) is 12.1 Å². The first-order chi connectivity index (χ1) is 9.24. The molecule has 0 unspecified atom stereocenters. The Bertz CT molecular complexity index is 493. The van der Waals surface area contributed by atoms with E-state index in [1.54, 1.807) is 7.11 Å². The van der Waals surface area contributed by atoms with Crippen molar-refractivity contribution in [2.75, 3.05) is 26.7 Å². The number of amides is 1. The Morgan fingerprint density at radius 3 is 2.89 bits per heavy atom. The topological polar surface area (TPSA) is 55.6 Å². The first-order valence-electron chi connectivity index (χ1n) is 6.35. The Kier molecular flexibility index (Phi) is 4.97. The van der Waals surface area contributed by atoms with E-state index in [1.165, 1.54) is 11.3 Å². The Labute approximate surface area is 117 Å². The van der Waals surface area contributed by atoms with Gasteiger partial charge in [-0.1, -0.05) is 11.8 Å². The second-order valence-electron chi connectivity index (χ2n) is 4.40. The van der Waals surface area contributed by atoms with Crippen molar-refractivity contribution in [3.05, 3.63) is 21.9 Å². The maximum Gasteiger partial charge on any atom is 0.263 e. The number of hydrogen-bond acceptors (Lipinski definition) is 4. The molecular weight excluding hydrogens is 260 g/mol. The molecule has 1 amide bonds. The number of carbonyl (C=O) groups excluding carboxylic acids is 1. The van der Waals surface area contributed by atoms with Gasteiger partial charge < -0.3 is 15.4 Å². The number of carbonyl (C=O) groups is 1. The monoisotopic (exact) mass is 278 g/mol. The molecule has 5 heteroatoms. The summed E-state index contributed by atoms with van der Waals surface area (Å²) in [5.41, 5.74) is 5.33. The number of likely N-dealkylation sites (tertiary alicyclic amines) is 1. The van der Waals surface area contributed by atoms with Gasteiger partial charge >= 0.3 is 0 Å². The lowest BCUT2D eigenvalue weighted by Gasteiger charge is -2.30. The smallest absolute Gasteiger partial charge is 0.263 e. The number of rotatable bonds is 2. The number of hydrogen-bond donors (Lipinski definition) is 1. The van der Waals surface area contributed by atoms with Crippen molar-refractivity contribution in [1.82, 2.24) is 4.90 Å². The maximum atomic E-state index is 12.3. The van der Waals surface area contributed by atoms with Gasteiger partial charge in [-0.2, -0.15) is 0 Å². The summed E-state index contributed by atoms with van der Waals surface area (Å²) in [7, 11) is 1.73. The van der Waals surface area contributed by atoms with Crippen LogP contribution in [-0.4, -0.2) is 43.7 Å². The van der Waals surface area contributed by atoms with Crippen molar-refractivity contribution in [2.24, 2.45) is 5.73 Å². The zero-order valence-electron chi connectivity index (χ0n) is 11.0. The van der Waals surface area contributed by atoms with Crippen LogP contribution in [0.25, 0.3) is 0 Å². The number of nitrogens with zero attached hydrogens (tertiary/aromatic N) is 1. The molecule has 1 aromatic heterocycles. The van der Waals surface area contributed by atoms with Gasteiger partial charge in [-0.25, -0.2) is 0 Å². The molecule has 102 valence electrons. The standard InChI is InChI=1S/C14H18N2O2S/c1-18-11-6-9-16(10-7-11)14(17)13-5-4-12(19-13)3-2-8-15/h4-5,11H,6-10,15H2,1H3. The molecule has 4 nitrogen and oxygen atoms in total. The fourth-order valence-corrected chi connectivity index (χ4v) is 2.96. The van der Waals surface area contributed by atoms with Crippen LogP contribution in [0.1, 0.15) is 27.4 Å². The molecule has 1 aliphatic rings. The largest absolute Gasteiger partial charge is 0.381 e. The fourth-order valence-electron chi connectivity index (χ4n) is 2.11.